The molecule has 0 radical (unpaired) electrons. The first-order valence-corrected chi connectivity index (χ1v) is 48.5. The SMILES string of the molecule is CC[C@H](C)C(NC(=O)[C@@H](NC(=O)[C@H](CC(N)=O)NC(=O)[C@H](CO)NC(=O)[C@H](Cc1cnc[nH]1)NC(=O)CNC(=O)[C@@H](NC(=O)[C@H](Cc1c[nH]c2ccccc12)NC(=O)[C@@H]1CCC(=O)NCC(=O)N[C@@H](CO)C(=O)N[C@@H](CCC(N)=O)C(=O)N[C@@H](CC(C)C)C(=O)N[C@@H](C(C)C)C(=O)N[C@@H](Cc2ccc(O)cc2)C(=O)N[C@@H](CCCNC(=N)N)C(=O)N1)C(C)C)C(C)C)C(=O)N[C@@H](CCCCN)C(=O)N1CCC[C@H]1C(=O)O. The third kappa shape index (κ3) is 38.6. The van der Waals surface area contributed by atoms with Crippen molar-refractivity contribution in [1.82, 2.24) is 116 Å². The second-order valence-corrected chi connectivity index (χ2v) is 37.6. The molecule has 4 heterocycles. The Morgan fingerprint density at radius 3 is 1.74 bits per heavy atom. The number of carboxylic acid groups (broad SMARTS) is 1. The number of aromatic nitrogens is 3. The lowest BCUT2D eigenvalue weighted by Gasteiger charge is -2.31. The molecular formula is C94H143N27O25. The zero-order valence-corrected chi connectivity index (χ0v) is 83.5. The molecule has 33 N–H and O–H groups in total. The van der Waals surface area contributed by atoms with E-state index in [-0.39, 0.29) is 75.5 Å². The molecule has 2 fully saturated rings. The average molecular weight is 2050 g/mol. The first-order chi connectivity index (χ1) is 69.1. The number of aromatic amines is 2. The number of imidazole rings is 1. The average Bonchev–Trinajstić information content (AvgIpc) is 1.73. The number of amides is 20. The number of likely N-dealkylation sites (tertiary alicyclic amines) is 1. The second kappa shape index (κ2) is 59.3. The van der Waals surface area contributed by atoms with Crippen molar-refractivity contribution in [3.63, 3.8) is 0 Å². The second-order valence-electron chi connectivity index (χ2n) is 37.6. The molecule has 2 aliphatic heterocycles. The van der Waals surface area contributed by atoms with E-state index in [0.29, 0.717) is 47.7 Å². The number of para-hydroxylation sites is 1. The number of carbonyl (C=O) groups is 21. The van der Waals surface area contributed by atoms with Gasteiger partial charge in [0.25, 0.3) is 0 Å². The Hall–Kier alpha value is -15.0. The van der Waals surface area contributed by atoms with Crippen molar-refractivity contribution >= 4 is 141 Å². The molecule has 0 bridgehead atoms. The Bertz CT molecular complexity index is 5210. The smallest absolute Gasteiger partial charge is 0.326 e. The molecule has 2 aromatic heterocycles. The molecule has 0 aliphatic carbocycles. The number of benzene rings is 2. The van der Waals surface area contributed by atoms with Crippen LogP contribution in [0.1, 0.15) is 176 Å². The molecule has 1 unspecified atom stereocenters. The molecule has 804 valence electrons. The monoisotopic (exact) mass is 2050 g/mol. The van der Waals surface area contributed by atoms with Crippen molar-refractivity contribution in [2.75, 3.05) is 45.9 Å². The fourth-order valence-electron chi connectivity index (χ4n) is 16.0. The minimum atomic E-state index is -1.99. The van der Waals surface area contributed by atoms with E-state index in [9.17, 15) is 102 Å². The van der Waals surface area contributed by atoms with Gasteiger partial charge in [0.2, 0.25) is 118 Å². The van der Waals surface area contributed by atoms with Gasteiger partial charge in [-0.25, -0.2) is 9.78 Å². The van der Waals surface area contributed by atoms with E-state index in [2.05, 4.69) is 111 Å². The first kappa shape index (κ1) is 120. The van der Waals surface area contributed by atoms with E-state index in [1.165, 1.54) is 75.6 Å². The fourth-order valence-corrected chi connectivity index (χ4v) is 16.0. The summed E-state index contributed by atoms with van der Waals surface area (Å²) in [6, 6.07) is -13.8. The number of aliphatic carboxylic acids is 1. The summed E-state index contributed by atoms with van der Waals surface area (Å²) in [4.78, 5) is 309. The predicted octanol–water partition coefficient (Wildman–Crippen LogP) is -7.42. The third-order valence-corrected chi connectivity index (χ3v) is 24.4. The highest BCUT2D eigenvalue weighted by atomic mass is 16.4. The summed E-state index contributed by atoms with van der Waals surface area (Å²) in [5.41, 5.74) is 23.9. The normalized spacial score (nSPS) is 20.0. The van der Waals surface area contributed by atoms with Crippen molar-refractivity contribution < 1.29 is 121 Å². The quantitative estimate of drug-likeness (QED) is 0.0111. The Balaban J connectivity index is 1.28. The minimum Gasteiger partial charge on any atom is -0.508 e. The van der Waals surface area contributed by atoms with Crippen LogP contribution in [-0.2, 0) is 120 Å². The number of phenolic OH excluding ortho intramolecular Hbond substituents is 1. The first-order valence-electron chi connectivity index (χ1n) is 48.5. The van der Waals surface area contributed by atoms with Gasteiger partial charge in [0, 0.05) is 74.2 Å². The number of aromatic hydroxyl groups is 1. The van der Waals surface area contributed by atoms with Crippen LogP contribution < -0.4 is 119 Å². The number of nitrogens with zero attached hydrogens (tertiary/aromatic N) is 2. The van der Waals surface area contributed by atoms with Crippen LogP contribution in [0.5, 0.6) is 5.75 Å². The highest BCUT2D eigenvalue weighted by molar-refractivity contribution is 6.03. The largest absolute Gasteiger partial charge is 0.508 e. The number of nitrogens with one attached hydrogen (secondary N) is 21. The standard InChI is InChI=1S/C94H143N27O25/c1-11-50(10)77(91(143)111-60(20-14-15-31-95)92(144)121-33-17-22-68(121)93(145)146)120-90(142)76(49(8)9)119-85(137)65(38-70(97)126)114-87(139)67(44-123)116-82(134)64(37-53-40-100-45-105-53)106-73(129)42-104-88(140)74(47(4)5)117-84(136)63(36-52-39-102-56-19-13-12-18-55(52)56)113-80(132)59-28-30-71(127)103-41-72(128)107-66(43-122)86(138)110-58(27-29-69(96)125)79(131)112-61(34-46(2)3)83(135)118-75(48(6)7)89(141)115-62(35-51-23-25-54(124)26-24-51)81(133)108-57(78(130)109-59)21-16-32-101-94(98)99/h12-13,18-19,23-26,39-40,45-50,57-68,74-77,102,122-124H,11,14-17,20-22,27-38,41-44,95H2,1-10H3,(H2,96,125)(H2,97,126)(H,100,105)(H,103,127)(H,104,140)(H,106,129)(H,107,128)(H,108,133)(H,109,130)(H,110,138)(H,111,143)(H,112,131)(H,113,132)(H,114,139)(H,115,141)(H,116,134)(H,117,136)(H,118,135)(H,119,137)(H,120,142)(H,145,146)(H4,98,99,101)/t50-,57-,58-,59-,60-,61-,62-,63-,64-,65-,66-,67-,68-,74-,75-,76-,77?/m0/s1. The van der Waals surface area contributed by atoms with Crippen LogP contribution >= 0.6 is 0 Å². The lowest BCUT2D eigenvalue weighted by Crippen LogP contribution is -2.62. The molecule has 20 amide bonds. The molecule has 2 aliphatic rings. The Kier molecular flexibility index (Phi) is 48.6. The van der Waals surface area contributed by atoms with Crippen LogP contribution in [0.15, 0.2) is 67.3 Å². The number of nitrogens with two attached hydrogens (primary N) is 4. The molecule has 0 saturated carbocycles. The van der Waals surface area contributed by atoms with Crippen molar-refractivity contribution in [1.29, 1.82) is 5.41 Å². The number of carboxylic acids is 1. The van der Waals surface area contributed by atoms with Crippen LogP contribution in [0.4, 0.5) is 0 Å². The Morgan fingerprint density at radius 1 is 0.562 bits per heavy atom. The van der Waals surface area contributed by atoms with Crippen LogP contribution in [0.3, 0.4) is 0 Å². The Morgan fingerprint density at radius 2 is 1.14 bits per heavy atom. The Labute approximate surface area is 842 Å². The summed E-state index contributed by atoms with van der Waals surface area (Å²) in [6.45, 7) is 12.0. The maximum Gasteiger partial charge on any atom is 0.326 e. The van der Waals surface area contributed by atoms with E-state index in [1.807, 2.05) is 0 Å². The summed E-state index contributed by atoms with van der Waals surface area (Å²) in [6.07, 6.45) is 0.734. The number of fused-ring (bicyclic) bond motifs is 1. The van der Waals surface area contributed by atoms with Gasteiger partial charge in [-0.15, -0.1) is 0 Å². The van der Waals surface area contributed by atoms with Crippen LogP contribution in [0.25, 0.3) is 10.9 Å². The lowest BCUT2D eigenvalue weighted by atomic mass is 9.95. The number of primary amides is 2. The molecule has 0 spiro atoms. The highest BCUT2D eigenvalue weighted by Gasteiger charge is 2.44. The van der Waals surface area contributed by atoms with Gasteiger partial charge in [-0.2, -0.15) is 0 Å². The summed E-state index contributed by atoms with van der Waals surface area (Å²) in [5, 5.41) is 94.7. The molecule has 52 heteroatoms. The van der Waals surface area contributed by atoms with Crippen LogP contribution in [0, 0.1) is 35.0 Å². The van der Waals surface area contributed by atoms with Gasteiger partial charge in [0.15, 0.2) is 5.96 Å². The molecule has 6 rings (SSSR count). The highest BCUT2D eigenvalue weighted by Crippen LogP contribution is 2.24. The van der Waals surface area contributed by atoms with E-state index in [0.717, 1.165) is 0 Å². The van der Waals surface area contributed by atoms with E-state index < -0.39 is 322 Å². The number of carbonyl (C=O) groups excluding carboxylic acids is 20. The summed E-state index contributed by atoms with van der Waals surface area (Å²) in [5.74, 6) is -26.3. The van der Waals surface area contributed by atoms with Crippen molar-refractivity contribution in [2.45, 2.75) is 275 Å². The number of hydrogen-bond donors (Lipinski definition) is 29. The topological polar surface area (TPSA) is 832 Å². The predicted molar refractivity (Wildman–Crippen MR) is 525 cm³/mol. The zero-order chi connectivity index (χ0) is 108. The molecule has 2 saturated heterocycles. The van der Waals surface area contributed by atoms with E-state index in [1.54, 1.807) is 65.8 Å². The number of guanidine groups is 1. The van der Waals surface area contributed by atoms with Gasteiger partial charge >= 0.3 is 5.97 Å². The molecule has 4 aromatic rings. The number of aliphatic hydroxyl groups excluding tert-OH is 2. The van der Waals surface area contributed by atoms with Gasteiger partial charge in [-0.3, -0.25) is 101 Å². The molecular weight excluding hydrogens is 1910 g/mol. The molecule has 146 heavy (non-hydrogen) atoms. The van der Waals surface area contributed by atoms with Crippen molar-refractivity contribution in [3.05, 3.63) is 84.1 Å². The van der Waals surface area contributed by atoms with Gasteiger partial charge < -0.3 is 154 Å². The van der Waals surface area contributed by atoms with E-state index >= 15 is 19.2 Å². The van der Waals surface area contributed by atoms with Gasteiger partial charge in [0.1, 0.15) is 102 Å². The molecule has 17 atom stereocenters. The van der Waals surface area contributed by atoms with Crippen LogP contribution in [-0.4, -0.2) is 313 Å². The van der Waals surface area contributed by atoms with E-state index in [4.69, 9.17) is 28.3 Å². The number of phenols is 1. The minimum absolute atomic E-state index is 0.0706. The van der Waals surface area contributed by atoms with Gasteiger partial charge in [-0.05, 0) is 130 Å². The summed E-state index contributed by atoms with van der Waals surface area (Å²) >= 11 is 0. The number of rotatable bonds is 48. The molecule has 52 nitrogen and oxygen atoms in total. The van der Waals surface area contributed by atoms with Crippen LogP contribution in [0.2, 0.25) is 0 Å². The fraction of sp³-hybridized carbons (Fsp3) is 0.585. The van der Waals surface area contributed by atoms with Crippen molar-refractivity contribution in [3.8, 4) is 5.75 Å². The van der Waals surface area contributed by atoms with Gasteiger partial charge in [-0.1, -0.05) is 106 Å². The number of aliphatic hydroxyl groups is 2. The lowest BCUT2D eigenvalue weighted by molar-refractivity contribution is -0.149. The maximum atomic E-state index is 15.5. The number of unbranched alkanes of at least 4 members (excludes halogenated alkanes) is 1. The number of hydrogen-bond acceptors (Lipinski definition) is 27. The number of H-pyrrole nitrogens is 2. The summed E-state index contributed by atoms with van der Waals surface area (Å²) in [7, 11) is 0. The third-order valence-electron chi connectivity index (χ3n) is 24.4. The maximum absolute atomic E-state index is 15.5. The van der Waals surface area contributed by atoms with Gasteiger partial charge in [0.05, 0.1) is 39.1 Å². The zero-order valence-electron chi connectivity index (χ0n) is 83.5. The molecule has 2 aromatic carbocycles. The van der Waals surface area contributed by atoms with Crippen molar-refractivity contribution in [2.24, 2.45) is 52.5 Å². The summed E-state index contributed by atoms with van der Waals surface area (Å²) < 4.78 is 0.